The molecule has 162 valence electrons. The molecular formula is C25H29N3O3. The average molecular weight is 420 g/mol. The summed E-state index contributed by atoms with van der Waals surface area (Å²) in [6.45, 7) is 7.64. The Labute approximate surface area is 183 Å². The van der Waals surface area contributed by atoms with Gasteiger partial charge in [0.15, 0.2) is 0 Å². The summed E-state index contributed by atoms with van der Waals surface area (Å²) < 4.78 is 13.2. The van der Waals surface area contributed by atoms with Gasteiger partial charge in [0.2, 0.25) is 5.91 Å². The molecule has 0 saturated heterocycles. The molecule has 0 atom stereocenters. The molecular weight excluding hydrogens is 390 g/mol. The van der Waals surface area contributed by atoms with Crippen LogP contribution in [0.3, 0.4) is 0 Å². The van der Waals surface area contributed by atoms with Crippen LogP contribution in [0, 0.1) is 13.8 Å². The first-order valence-electron chi connectivity index (χ1n) is 10.3. The van der Waals surface area contributed by atoms with Crippen LogP contribution in [-0.2, 0) is 24.5 Å². The van der Waals surface area contributed by atoms with Crippen LogP contribution in [0.1, 0.15) is 34.9 Å². The minimum atomic E-state index is -0.156. The molecule has 0 unspecified atom stereocenters. The number of hydrogen-bond donors (Lipinski definition) is 1. The second-order valence-electron chi connectivity index (χ2n) is 7.32. The van der Waals surface area contributed by atoms with Gasteiger partial charge in [0, 0.05) is 36.5 Å². The summed E-state index contributed by atoms with van der Waals surface area (Å²) in [5, 5.41) is 7.30. The second kappa shape index (κ2) is 10.5. The second-order valence-corrected chi connectivity index (χ2v) is 7.32. The summed E-state index contributed by atoms with van der Waals surface area (Å²) >= 11 is 0. The van der Waals surface area contributed by atoms with E-state index in [1.54, 1.807) is 13.2 Å². The van der Waals surface area contributed by atoms with Gasteiger partial charge in [-0.25, -0.2) is 0 Å². The molecule has 31 heavy (non-hydrogen) atoms. The summed E-state index contributed by atoms with van der Waals surface area (Å²) in [6.07, 6.45) is 5.28. The van der Waals surface area contributed by atoms with Crippen molar-refractivity contribution in [1.29, 1.82) is 0 Å². The van der Waals surface area contributed by atoms with E-state index < -0.39 is 0 Å². The van der Waals surface area contributed by atoms with Gasteiger partial charge in [-0.1, -0.05) is 18.2 Å². The highest BCUT2D eigenvalue weighted by atomic mass is 16.5. The Morgan fingerprint density at radius 2 is 2.00 bits per heavy atom. The molecule has 0 spiro atoms. The molecule has 0 fully saturated rings. The van der Waals surface area contributed by atoms with Crippen molar-refractivity contribution in [3.05, 3.63) is 82.7 Å². The molecule has 0 saturated carbocycles. The van der Waals surface area contributed by atoms with Crippen LogP contribution in [-0.4, -0.2) is 22.8 Å². The topological polar surface area (TPSA) is 65.4 Å². The molecule has 3 rings (SSSR count). The summed E-state index contributed by atoms with van der Waals surface area (Å²) in [7, 11) is 1.64. The molecule has 6 heteroatoms. The minimum Gasteiger partial charge on any atom is -0.496 e. The largest absolute Gasteiger partial charge is 0.496 e. The van der Waals surface area contributed by atoms with Gasteiger partial charge >= 0.3 is 0 Å². The molecule has 1 N–H and O–H groups in total. The number of aryl methyl sites for hydroxylation is 3. The minimum absolute atomic E-state index is 0.156. The smallest absolute Gasteiger partial charge is 0.244 e. The maximum absolute atomic E-state index is 12.3. The van der Waals surface area contributed by atoms with Crippen molar-refractivity contribution in [2.75, 3.05) is 7.11 Å². The molecule has 0 aliphatic rings. The molecule has 1 aromatic heterocycles. The molecule has 3 aromatic rings. The Bertz CT molecular complexity index is 1070. The Morgan fingerprint density at radius 3 is 2.71 bits per heavy atom. The zero-order valence-corrected chi connectivity index (χ0v) is 18.5. The fourth-order valence-corrected chi connectivity index (χ4v) is 3.19. The SMILES string of the molecule is CCn1cc(CNC(=O)/C=C/c2ccc(OC)c(COc3cccc(C)c3)c2)c(C)n1. The molecule has 1 heterocycles. The monoisotopic (exact) mass is 419 g/mol. The van der Waals surface area contributed by atoms with Crippen LogP contribution in [0.2, 0.25) is 0 Å². The lowest BCUT2D eigenvalue weighted by Gasteiger charge is -2.11. The Morgan fingerprint density at radius 1 is 1.16 bits per heavy atom. The highest BCUT2D eigenvalue weighted by Crippen LogP contribution is 2.23. The summed E-state index contributed by atoms with van der Waals surface area (Å²) in [5.74, 6) is 1.40. The number of hydrogen-bond acceptors (Lipinski definition) is 4. The zero-order valence-electron chi connectivity index (χ0n) is 18.5. The number of benzene rings is 2. The van der Waals surface area contributed by atoms with Crippen molar-refractivity contribution in [3.8, 4) is 11.5 Å². The van der Waals surface area contributed by atoms with E-state index in [1.165, 1.54) is 6.08 Å². The normalized spacial score (nSPS) is 11.0. The fourth-order valence-electron chi connectivity index (χ4n) is 3.19. The number of nitrogens with zero attached hydrogens (tertiary/aromatic N) is 2. The lowest BCUT2D eigenvalue weighted by atomic mass is 10.1. The summed E-state index contributed by atoms with van der Waals surface area (Å²) in [6, 6.07) is 13.7. The number of rotatable bonds is 9. The fraction of sp³-hybridized carbons (Fsp3) is 0.280. The molecule has 0 bridgehead atoms. The first-order chi connectivity index (χ1) is 15.0. The van der Waals surface area contributed by atoms with Crippen LogP contribution in [0.25, 0.3) is 6.08 Å². The Kier molecular flexibility index (Phi) is 7.49. The van der Waals surface area contributed by atoms with E-state index in [4.69, 9.17) is 9.47 Å². The number of aromatic nitrogens is 2. The van der Waals surface area contributed by atoms with Gasteiger partial charge in [-0.05, 0) is 62.2 Å². The van der Waals surface area contributed by atoms with Crippen molar-refractivity contribution in [3.63, 3.8) is 0 Å². The predicted molar refractivity (Wildman–Crippen MR) is 122 cm³/mol. The number of carbonyl (C=O) groups excluding carboxylic acids is 1. The summed E-state index contributed by atoms with van der Waals surface area (Å²) in [5.41, 5.74) is 4.90. The van der Waals surface area contributed by atoms with Crippen LogP contribution >= 0.6 is 0 Å². The quantitative estimate of drug-likeness (QED) is 0.521. The van der Waals surface area contributed by atoms with Crippen molar-refractivity contribution in [1.82, 2.24) is 15.1 Å². The van der Waals surface area contributed by atoms with Gasteiger partial charge in [-0.2, -0.15) is 5.10 Å². The maximum Gasteiger partial charge on any atom is 0.244 e. The standard InChI is InChI=1S/C25H29N3O3/c1-5-28-16-22(19(3)27-28)15-26-25(29)12-10-20-9-11-24(30-4)21(14-20)17-31-23-8-6-7-18(2)13-23/h6-14,16H,5,15,17H2,1-4H3,(H,26,29)/b12-10+. The van der Waals surface area contributed by atoms with Crippen molar-refractivity contribution in [2.24, 2.45) is 0 Å². The summed E-state index contributed by atoms with van der Waals surface area (Å²) in [4.78, 5) is 12.3. The van der Waals surface area contributed by atoms with Gasteiger partial charge in [-0.15, -0.1) is 0 Å². The van der Waals surface area contributed by atoms with Gasteiger partial charge < -0.3 is 14.8 Å². The number of methoxy groups -OCH3 is 1. The first kappa shape index (κ1) is 22.2. The van der Waals surface area contributed by atoms with Gasteiger partial charge in [-0.3, -0.25) is 9.48 Å². The van der Waals surface area contributed by atoms with E-state index in [9.17, 15) is 4.79 Å². The lowest BCUT2D eigenvalue weighted by molar-refractivity contribution is -0.116. The van der Waals surface area contributed by atoms with E-state index in [2.05, 4.69) is 10.4 Å². The maximum atomic E-state index is 12.3. The highest BCUT2D eigenvalue weighted by molar-refractivity contribution is 5.91. The molecule has 6 nitrogen and oxygen atoms in total. The predicted octanol–water partition coefficient (Wildman–Crippen LogP) is 4.44. The zero-order chi connectivity index (χ0) is 22.2. The van der Waals surface area contributed by atoms with Gasteiger partial charge in [0.1, 0.15) is 18.1 Å². The Balaban J connectivity index is 1.62. The third-order valence-corrected chi connectivity index (χ3v) is 4.94. The van der Waals surface area contributed by atoms with Crippen molar-refractivity contribution < 1.29 is 14.3 Å². The number of amides is 1. The van der Waals surface area contributed by atoms with Crippen LogP contribution in [0.5, 0.6) is 11.5 Å². The first-order valence-corrected chi connectivity index (χ1v) is 10.3. The van der Waals surface area contributed by atoms with E-state index in [0.29, 0.717) is 13.2 Å². The van der Waals surface area contributed by atoms with Crippen molar-refractivity contribution >= 4 is 12.0 Å². The lowest BCUT2D eigenvalue weighted by Crippen LogP contribution is -2.20. The molecule has 0 aliphatic heterocycles. The third-order valence-electron chi connectivity index (χ3n) is 4.94. The van der Waals surface area contributed by atoms with E-state index in [1.807, 2.05) is 74.1 Å². The number of ether oxygens (including phenoxy) is 2. The highest BCUT2D eigenvalue weighted by Gasteiger charge is 2.07. The van der Waals surface area contributed by atoms with Gasteiger partial charge in [0.25, 0.3) is 0 Å². The van der Waals surface area contributed by atoms with Crippen LogP contribution in [0.15, 0.2) is 54.7 Å². The number of nitrogens with one attached hydrogen (secondary N) is 1. The number of carbonyl (C=O) groups is 1. The molecule has 1 amide bonds. The molecule has 0 aliphatic carbocycles. The van der Waals surface area contributed by atoms with Gasteiger partial charge in [0.05, 0.1) is 12.8 Å². The van der Waals surface area contributed by atoms with Crippen LogP contribution < -0.4 is 14.8 Å². The molecule has 0 radical (unpaired) electrons. The molecule has 2 aromatic carbocycles. The van der Waals surface area contributed by atoms with E-state index >= 15 is 0 Å². The third kappa shape index (κ3) is 6.22. The van der Waals surface area contributed by atoms with E-state index in [0.717, 1.165) is 46.0 Å². The Hall–Kier alpha value is -3.54. The average Bonchev–Trinajstić information content (AvgIpc) is 3.14. The van der Waals surface area contributed by atoms with E-state index in [-0.39, 0.29) is 5.91 Å². The van der Waals surface area contributed by atoms with Crippen LogP contribution in [0.4, 0.5) is 0 Å². The van der Waals surface area contributed by atoms with Crippen molar-refractivity contribution in [2.45, 2.75) is 40.5 Å².